The molecule has 1 aliphatic carbocycles. The number of hydrogen-bond acceptors (Lipinski definition) is 2. The summed E-state index contributed by atoms with van der Waals surface area (Å²) in [6.45, 7) is 2.53. The highest BCUT2D eigenvalue weighted by Gasteiger charge is 2.19. The molecule has 0 spiro atoms. The molecule has 100 valence electrons. The minimum Gasteiger partial charge on any atom is -0.329 e. The van der Waals surface area contributed by atoms with Crippen LogP contribution in [0.4, 0.5) is 4.39 Å². The minimum atomic E-state index is -0.181. The molecule has 2 nitrogen and oxygen atoms in total. The second-order valence-corrected chi connectivity index (χ2v) is 5.29. The average Bonchev–Trinajstić information content (AvgIpc) is 2.40. The molecule has 1 saturated carbocycles. The molecule has 0 radical (unpaired) electrons. The lowest BCUT2D eigenvalue weighted by Crippen LogP contribution is -2.38. The van der Waals surface area contributed by atoms with Crippen molar-refractivity contribution >= 4 is 0 Å². The Bertz CT molecular complexity index is 386. The monoisotopic (exact) mass is 250 g/mol. The lowest BCUT2D eigenvalue weighted by Gasteiger charge is -2.29. The van der Waals surface area contributed by atoms with Gasteiger partial charge < -0.3 is 11.1 Å². The zero-order valence-electron chi connectivity index (χ0n) is 11.1. The van der Waals surface area contributed by atoms with Gasteiger partial charge in [-0.2, -0.15) is 0 Å². The number of nitrogens with two attached hydrogens (primary N) is 1. The molecule has 1 aromatic carbocycles. The third-order valence-electron chi connectivity index (χ3n) is 3.89. The zero-order chi connectivity index (χ0) is 13.0. The predicted octanol–water partition coefficient (Wildman–Crippen LogP) is 3.06. The van der Waals surface area contributed by atoms with E-state index in [-0.39, 0.29) is 11.9 Å². The van der Waals surface area contributed by atoms with Crippen LogP contribution in [0, 0.1) is 12.7 Å². The molecule has 18 heavy (non-hydrogen) atoms. The van der Waals surface area contributed by atoms with Crippen molar-refractivity contribution in [1.29, 1.82) is 0 Å². The Hall–Kier alpha value is -0.930. The zero-order valence-corrected chi connectivity index (χ0v) is 11.1. The van der Waals surface area contributed by atoms with Crippen molar-refractivity contribution in [3.05, 3.63) is 35.1 Å². The van der Waals surface area contributed by atoms with Gasteiger partial charge in [-0.05, 0) is 43.0 Å². The fraction of sp³-hybridized carbons (Fsp3) is 0.600. The fourth-order valence-electron chi connectivity index (χ4n) is 2.83. The second kappa shape index (κ2) is 6.30. The van der Waals surface area contributed by atoms with Gasteiger partial charge in [0.1, 0.15) is 5.82 Å². The lowest BCUT2D eigenvalue weighted by atomic mass is 9.93. The summed E-state index contributed by atoms with van der Waals surface area (Å²) in [6, 6.07) is 5.56. The van der Waals surface area contributed by atoms with E-state index in [1.165, 1.54) is 38.2 Å². The third-order valence-corrected chi connectivity index (χ3v) is 3.89. The number of benzene rings is 1. The van der Waals surface area contributed by atoms with E-state index in [0.29, 0.717) is 12.6 Å². The van der Waals surface area contributed by atoms with E-state index in [9.17, 15) is 4.39 Å². The number of hydrogen-bond donors (Lipinski definition) is 2. The maximum Gasteiger partial charge on any atom is 0.123 e. The van der Waals surface area contributed by atoms with Gasteiger partial charge in [0.25, 0.3) is 0 Å². The Morgan fingerprint density at radius 3 is 2.72 bits per heavy atom. The molecule has 0 amide bonds. The van der Waals surface area contributed by atoms with E-state index in [1.54, 1.807) is 6.07 Å². The highest BCUT2D eigenvalue weighted by molar-refractivity contribution is 5.30. The summed E-state index contributed by atoms with van der Waals surface area (Å²) >= 11 is 0. The molecule has 0 bridgehead atoms. The maximum atomic E-state index is 13.4. The van der Waals surface area contributed by atoms with Crippen LogP contribution in [0.15, 0.2) is 18.2 Å². The Balaban J connectivity index is 2.09. The van der Waals surface area contributed by atoms with Crippen LogP contribution in [0.3, 0.4) is 0 Å². The van der Waals surface area contributed by atoms with Crippen molar-refractivity contribution in [1.82, 2.24) is 5.32 Å². The highest BCUT2D eigenvalue weighted by atomic mass is 19.1. The van der Waals surface area contributed by atoms with E-state index in [2.05, 4.69) is 5.32 Å². The Labute approximate surface area is 109 Å². The number of aryl methyl sites for hydroxylation is 1. The summed E-state index contributed by atoms with van der Waals surface area (Å²) in [4.78, 5) is 0. The first kappa shape index (κ1) is 13.5. The molecule has 3 heteroatoms. The van der Waals surface area contributed by atoms with Crippen molar-refractivity contribution in [2.45, 2.75) is 51.1 Å². The molecule has 3 N–H and O–H groups in total. The number of nitrogens with one attached hydrogen (secondary N) is 1. The van der Waals surface area contributed by atoms with Gasteiger partial charge in [0, 0.05) is 18.6 Å². The molecule has 1 aliphatic rings. The van der Waals surface area contributed by atoms with Gasteiger partial charge in [0.15, 0.2) is 0 Å². The molecule has 0 heterocycles. The third kappa shape index (κ3) is 3.30. The fourth-order valence-corrected chi connectivity index (χ4v) is 2.83. The van der Waals surface area contributed by atoms with Gasteiger partial charge >= 0.3 is 0 Å². The van der Waals surface area contributed by atoms with Crippen LogP contribution in [-0.4, -0.2) is 12.6 Å². The minimum absolute atomic E-state index is 0.0730. The van der Waals surface area contributed by atoms with Crippen LogP contribution in [0.5, 0.6) is 0 Å². The van der Waals surface area contributed by atoms with Gasteiger partial charge in [0.2, 0.25) is 0 Å². The van der Waals surface area contributed by atoms with Crippen molar-refractivity contribution in [2.24, 2.45) is 5.73 Å². The SMILES string of the molecule is Cc1ccc(F)cc1C(CN)NC1CCCCC1. The van der Waals surface area contributed by atoms with Crippen LogP contribution >= 0.6 is 0 Å². The molecule has 0 aliphatic heterocycles. The van der Waals surface area contributed by atoms with Crippen molar-refractivity contribution in [3.63, 3.8) is 0 Å². The van der Waals surface area contributed by atoms with E-state index < -0.39 is 0 Å². The first-order valence-electron chi connectivity index (χ1n) is 6.93. The maximum absolute atomic E-state index is 13.4. The Kier molecular flexibility index (Phi) is 4.72. The van der Waals surface area contributed by atoms with Crippen molar-refractivity contribution in [2.75, 3.05) is 6.54 Å². The van der Waals surface area contributed by atoms with Crippen LogP contribution in [0.2, 0.25) is 0 Å². The normalized spacial score (nSPS) is 18.8. The standard InChI is InChI=1S/C15H23FN2/c1-11-7-8-12(16)9-14(11)15(10-17)18-13-5-3-2-4-6-13/h7-9,13,15,18H,2-6,10,17H2,1H3. The molecule has 1 fully saturated rings. The van der Waals surface area contributed by atoms with Crippen molar-refractivity contribution < 1.29 is 4.39 Å². The summed E-state index contributed by atoms with van der Waals surface area (Å²) < 4.78 is 13.4. The quantitative estimate of drug-likeness (QED) is 0.862. The van der Waals surface area contributed by atoms with E-state index >= 15 is 0 Å². The molecule has 2 rings (SSSR count). The largest absolute Gasteiger partial charge is 0.329 e. The summed E-state index contributed by atoms with van der Waals surface area (Å²) in [7, 11) is 0. The smallest absolute Gasteiger partial charge is 0.123 e. The summed E-state index contributed by atoms with van der Waals surface area (Å²) in [6.07, 6.45) is 6.34. The molecule has 0 aromatic heterocycles. The highest BCUT2D eigenvalue weighted by Crippen LogP contribution is 2.23. The molecule has 0 saturated heterocycles. The number of rotatable bonds is 4. The van der Waals surface area contributed by atoms with Crippen molar-refractivity contribution in [3.8, 4) is 0 Å². The summed E-state index contributed by atoms with van der Waals surface area (Å²) in [5.41, 5.74) is 7.97. The van der Waals surface area contributed by atoms with Gasteiger partial charge in [-0.15, -0.1) is 0 Å². The molecule has 1 unspecified atom stereocenters. The van der Waals surface area contributed by atoms with Crippen LogP contribution in [0.25, 0.3) is 0 Å². The molecule has 1 aromatic rings. The predicted molar refractivity (Wildman–Crippen MR) is 72.9 cm³/mol. The van der Waals surface area contributed by atoms with Gasteiger partial charge in [-0.3, -0.25) is 0 Å². The average molecular weight is 250 g/mol. The molecular weight excluding hydrogens is 227 g/mol. The first-order chi connectivity index (χ1) is 8.70. The number of halogens is 1. The van der Waals surface area contributed by atoms with E-state index in [4.69, 9.17) is 5.73 Å². The summed E-state index contributed by atoms with van der Waals surface area (Å²) in [5, 5.41) is 3.60. The Morgan fingerprint density at radius 1 is 1.33 bits per heavy atom. The molecule has 1 atom stereocenters. The van der Waals surface area contributed by atoms with Gasteiger partial charge in [0.05, 0.1) is 0 Å². The van der Waals surface area contributed by atoms with Crippen LogP contribution < -0.4 is 11.1 Å². The summed E-state index contributed by atoms with van der Waals surface area (Å²) in [5.74, 6) is -0.181. The molecular formula is C15H23FN2. The lowest BCUT2D eigenvalue weighted by molar-refractivity contribution is 0.339. The van der Waals surface area contributed by atoms with E-state index in [0.717, 1.165) is 11.1 Å². The van der Waals surface area contributed by atoms with Gasteiger partial charge in [-0.1, -0.05) is 25.3 Å². The van der Waals surface area contributed by atoms with E-state index in [1.807, 2.05) is 13.0 Å². The first-order valence-corrected chi connectivity index (χ1v) is 6.93. The Morgan fingerprint density at radius 2 is 2.06 bits per heavy atom. The second-order valence-electron chi connectivity index (χ2n) is 5.29. The van der Waals surface area contributed by atoms with Gasteiger partial charge in [-0.25, -0.2) is 4.39 Å². The van der Waals surface area contributed by atoms with Crippen LogP contribution in [0.1, 0.15) is 49.3 Å². The topological polar surface area (TPSA) is 38.0 Å². The van der Waals surface area contributed by atoms with Crippen LogP contribution in [-0.2, 0) is 0 Å².